The van der Waals surface area contributed by atoms with Gasteiger partial charge >= 0.3 is 12.4 Å². The average molecular weight is 403 g/mol. The quantitative estimate of drug-likeness (QED) is 0.220. The second-order valence-corrected chi connectivity index (χ2v) is 6.71. The van der Waals surface area contributed by atoms with Gasteiger partial charge in [0.15, 0.2) is 0 Å². The SMILES string of the molecule is FC(F)(F)C1=CC=CC(C(F)(F)F)C1=C=C1c2ccccc2[CH+]c2ccccc21. The van der Waals surface area contributed by atoms with Crippen LogP contribution in [0.1, 0.15) is 22.3 Å². The maximum Gasteiger partial charge on any atom is 0.417 e. The largest absolute Gasteiger partial charge is 0.417 e. The van der Waals surface area contributed by atoms with E-state index in [4.69, 9.17) is 0 Å². The third kappa shape index (κ3) is 3.52. The van der Waals surface area contributed by atoms with Crippen molar-refractivity contribution < 1.29 is 26.3 Å². The van der Waals surface area contributed by atoms with Crippen molar-refractivity contribution in [3.63, 3.8) is 0 Å². The third-order valence-corrected chi connectivity index (χ3v) is 4.86. The zero-order chi connectivity index (χ0) is 20.8. The van der Waals surface area contributed by atoms with Crippen LogP contribution >= 0.6 is 0 Å². The molecule has 0 N–H and O–H groups in total. The molecule has 0 radical (unpaired) electrons. The summed E-state index contributed by atoms with van der Waals surface area (Å²) in [4.78, 5) is 0. The highest BCUT2D eigenvalue weighted by atomic mass is 19.4. The Morgan fingerprint density at radius 3 is 1.86 bits per heavy atom. The summed E-state index contributed by atoms with van der Waals surface area (Å²) in [5.41, 5.74) is 2.99. The highest BCUT2D eigenvalue weighted by molar-refractivity contribution is 5.88. The average Bonchev–Trinajstić information content (AvgIpc) is 2.66. The second kappa shape index (κ2) is 6.75. The van der Waals surface area contributed by atoms with Crippen LogP contribution in [0.2, 0.25) is 0 Å². The zero-order valence-electron chi connectivity index (χ0n) is 14.8. The summed E-state index contributed by atoms with van der Waals surface area (Å²) < 4.78 is 81.4. The lowest BCUT2D eigenvalue weighted by Crippen LogP contribution is -2.29. The summed E-state index contributed by atoms with van der Waals surface area (Å²) >= 11 is 0. The Morgan fingerprint density at radius 1 is 0.793 bits per heavy atom. The highest BCUT2D eigenvalue weighted by Crippen LogP contribution is 2.45. The Bertz CT molecular complexity index is 1040. The molecule has 0 saturated carbocycles. The van der Waals surface area contributed by atoms with Crippen molar-refractivity contribution in [2.24, 2.45) is 5.92 Å². The molecule has 0 aromatic heterocycles. The fraction of sp³-hybridized carbons (Fsp3) is 0.130. The first-order chi connectivity index (χ1) is 13.7. The van der Waals surface area contributed by atoms with Crippen molar-refractivity contribution in [2.45, 2.75) is 12.4 Å². The maximum absolute atomic E-state index is 13.6. The normalized spacial score (nSPS) is 18.4. The van der Waals surface area contributed by atoms with Gasteiger partial charge in [-0.2, -0.15) is 26.3 Å². The van der Waals surface area contributed by atoms with Crippen LogP contribution in [0.25, 0.3) is 5.57 Å². The minimum absolute atomic E-state index is 0.216. The fourth-order valence-electron chi connectivity index (χ4n) is 3.56. The van der Waals surface area contributed by atoms with E-state index in [-0.39, 0.29) is 5.57 Å². The van der Waals surface area contributed by atoms with Gasteiger partial charge in [-0.25, -0.2) is 0 Å². The van der Waals surface area contributed by atoms with Gasteiger partial charge in [-0.3, -0.25) is 0 Å². The van der Waals surface area contributed by atoms with E-state index in [0.717, 1.165) is 12.2 Å². The van der Waals surface area contributed by atoms with Gasteiger partial charge in [0, 0.05) is 24.1 Å². The summed E-state index contributed by atoms with van der Waals surface area (Å²) in [5, 5.41) is 0. The van der Waals surface area contributed by atoms with Crippen LogP contribution in [0, 0.1) is 12.3 Å². The monoisotopic (exact) mass is 403 g/mol. The van der Waals surface area contributed by atoms with Crippen LogP contribution < -0.4 is 0 Å². The number of halogens is 6. The van der Waals surface area contributed by atoms with Gasteiger partial charge in [0.05, 0.1) is 33.4 Å². The fourth-order valence-corrected chi connectivity index (χ4v) is 3.56. The van der Waals surface area contributed by atoms with Crippen molar-refractivity contribution in [1.82, 2.24) is 0 Å². The minimum Gasteiger partial charge on any atom is -0.170 e. The standard InChI is InChI=1S/C23H13F6/c24-22(25,26)20-10-5-11-21(23(27,28)29)19(20)13-18-16-8-3-1-6-14(16)12-15-7-2-4-9-17(15)18/h1-12,20H/q+1. The Kier molecular flexibility index (Phi) is 4.47. The molecule has 146 valence electrons. The van der Waals surface area contributed by atoms with Crippen LogP contribution in [-0.4, -0.2) is 12.4 Å². The van der Waals surface area contributed by atoms with E-state index in [0.29, 0.717) is 28.3 Å². The van der Waals surface area contributed by atoms with E-state index >= 15 is 0 Å². The van der Waals surface area contributed by atoms with Crippen molar-refractivity contribution in [3.05, 3.63) is 112 Å². The number of hydrogen-bond acceptors (Lipinski definition) is 0. The molecule has 0 heterocycles. The molecule has 0 fully saturated rings. The molecule has 0 bridgehead atoms. The zero-order valence-corrected chi connectivity index (χ0v) is 14.8. The summed E-state index contributed by atoms with van der Waals surface area (Å²) in [7, 11) is 0. The predicted octanol–water partition coefficient (Wildman–Crippen LogP) is 6.79. The molecule has 0 nitrogen and oxygen atoms in total. The first-order valence-corrected chi connectivity index (χ1v) is 8.73. The van der Waals surface area contributed by atoms with E-state index in [2.05, 4.69) is 5.73 Å². The molecule has 0 saturated heterocycles. The first kappa shape index (κ1) is 19.2. The Labute approximate surface area is 163 Å². The lowest BCUT2D eigenvalue weighted by atomic mass is 9.80. The predicted molar refractivity (Wildman–Crippen MR) is 97.7 cm³/mol. The van der Waals surface area contributed by atoms with Gasteiger partial charge in [0.2, 0.25) is 0 Å². The van der Waals surface area contributed by atoms with Crippen LogP contribution in [0.15, 0.2) is 83.6 Å². The minimum atomic E-state index is -4.93. The topological polar surface area (TPSA) is 0 Å². The molecular formula is C23H13F6+. The van der Waals surface area contributed by atoms with Gasteiger partial charge < -0.3 is 0 Å². The Hall–Kier alpha value is -3.11. The molecular weight excluding hydrogens is 390 g/mol. The molecule has 0 amide bonds. The molecule has 2 aliphatic rings. The summed E-state index contributed by atoms with van der Waals surface area (Å²) in [6, 6.07) is 13.8. The number of allylic oxidation sites excluding steroid dienone is 5. The highest BCUT2D eigenvalue weighted by Gasteiger charge is 2.48. The number of fused-ring (bicyclic) bond motifs is 2. The summed E-state index contributed by atoms with van der Waals surface area (Å²) in [5.74, 6) is -2.39. The van der Waals surface area contributed by atoms with E-state index in [1.807, 2.05) is 6.42 Å². The van der Waals surface area contributed by atoms with Gasteiger partial charge in [0.25, 0.3) is 0 Å². The number of alkyl halides is 6. The van der Waals surface area contributed by atoms with Crippen LogP contribution in [0.5, 0.6) is 0 Å². The second-order valence-electron chi connectivity index (χ2n) is 6.71. The van der Waals surface area contributed by atoms with Crippen molar-refractivity contribution in [1.29, 1.82) is 0 Å². The van der Waals surface area contributed by atoms with Gasteiger partial charge in [-0.05, 0) is 42.5 Å². The summed E-state index contributed by atoms with van der Waals surface area (Å²) in [6.07, 6.45) is -5.76. The lowest BCUT2D eigenvalue weighted by Gasteiger charge is -2.25. The molecule has 2 aromatic carbocycles. The van der Waals surface area contributed by atoms with Crippen LogP contribution in [0.3, 0.4) is 0 Å². The van der Waals surface area contributed by atoms with Gasteiger partial charge in [0.1, 0.15) is 5.92 Å². The number of rotatable bonds is 0. The number of hydrogen-bond donors (Lipinski definition) is 0. The lowest BCUT2D eigenvalue weighted by molar-refractivity contribution is -0.153. The van der Waals surface area contributed by atoms with Gasteiger partial charge in [-0.1, -0.05) is 17.9 Å². The van der Waals surface area contributed by atoms with Gasteiger partial charge in [-0.15, -0.1) is 0 Å². The van der Waals surface area contributed by atoms with Crippen molar-refractivity contribution in [3.8, 4) is 0 Å². The molecule has 4 rings (SSSR count). The molecule has 1 unspecified atom stereocenters. The summed E-state index contributed by atoms with van der Waals surface area (Å²) in [6.45, 7) is 0. The smallest absolute Gasteiger partial charge is 0.170 e. The Balaban J connectivity index is 2.08. The van der Waals surface area contributed by atoms with E-state index in [1.54, 1.807) is 48.5 Å². The molecule has 0 aliphatic heterocycles. The van der Waals surface area contributed by atoms with E-state index in [1.165, 1.54) is 0 Å². The maximum atomic E-state index is 13.6. The molecule has 2 aliphatic carbocycles. The Morgan fingerprint density at radius 2 is 1.34 bits per heavy atom. The molecule has 1 atom stereocenters. The molecule has 0 spiro atoms. The third-order valence-electron chi connectivity index (χ3n) is 4.86. The molecule has 6 heteroatoms. The molecule has 2 aromatic rings. The van der Waals surface area contributed by atoms with Crippen LogP contribution in [0.4, 0.5) is 26.3 Å². The van der Waals surface area contributed by atoms with Crippen LogP contribution in [-0.2, 0) is 0 Å². The van der Waals surface area contributed by atoms with Crippen molar-refractivity contribution >= 4 is 5.57 Å². The first-order valence-electron chi connectivity index (χ1n) is 8.73. The number of benzene rings is 2. The molecule has 29 heavy (non-hydrogen) atoms. The van der Waals surface area contributed by atoms with Crippen molar-refractivity contribution in [2.75, 3.05) is 0 Å². The van der Waals surface area contributed by atoms with E-state index < -0.39 is 29.4 Å². The van der Waals surface area contributed by atoms with E-state index in [9.17, 15) is 26.3 Å².